The molecular formula is C14H26N2OS. The van der Waals surface area contributed by atoms with Crippen molar-refractivity contribution in [3.8, 4) is 0 Å². The maximum absolute atomic E-state index is 9.45. The van der Waals surface area contributed by atoms with Gasteiger partial charge in [0, 0.05) is 19.0 Å². The Morgan fingerprint density at radius 3 is 2.33 bits per heavy atom. The van der Waals surface area contributed by atoms with Crippen molar-refractivity contribution in [2.24, 2.45) is 5.92 Å². The SMILES string of the molecule is CC(C)CCN(C)c1nc(C(C)(C)C)c(CO)s1. The average Bonchev–Trinajstić information content (AvgIpc) is 2.69. The fraction of sp³-hybridized carbons (Fsp3) is 0.786. The van der Waals surface area contributed by atoms with E-state index in [-0.39, 0.29) is 12.0 Å². The summed E-state index contributed by atoms with van der Waals surface area (Å²) in [4.78, 5) is 7.90. The van der Waals surface area contributed by atoms with Gasteiger partial charge >= 0.3 is 0 Å². The zero-order chi connectivity index (χ0) is 13.9. The first kappa shape index (κ1) is 15.4. The predicted molar refractivity (Wildman–Crippen MR) is 79.5 cm³/mol. The summed E-state index contributed by atoms with van der Waals surface area (Å²) in [6.45, 7) is 12.0. The lowest BCUT2D eigenvalue weighted by molar-refractivity contribution is 0.282. The maximum atomic E-state index is 9.45. The third kappa shape index (κ3) is 3.95. The van der Waals surface area contributed by atoms with Gasteiger partial charge in [-0.1, -0.05) is 46.0 Å². The van der Waals surface area contributed by atoms with Gasteiger partial charge in [-0.25, -0.2) is 4.98 Å². The Morgan fingerprint density at radius 2 is 1.94 bits per heavy atom. The number of thiazole rings is 1. The summed E-state index contributed by atoms with van der Waals surface area (Å²) < 4.78 is 0. The lowest BCUT2D eigenvalue weighted by Gasteiger charge is -2.18. The van der Waals surface area contributed by atoms with E-state index in [1.54, 1.807) is 11.3 Å². The van der Waals surface area contributed by atoms with Gasteiger partial charge in [-0.2, -0.15) is 0 Å². The van der Waals surface area contributed by atoms with E-state index < -0.39 is 0 Å². The van der Waals surface area contributed by atoms with Crippen molar-refractivity contribution in [2.45, 2.75) is 53.1 Å². The molecule has 1 aromatic rings. The monoisotopic (exact) mass is 270 g/mol. The summed E-state index contributed by atoms with van der Waals surface area (Å²) in [6.07, 6.45) is 1.16. The van der Waals surface area contributed by atoms with Crippen LogP contribution in [0.15, 0.2) is 0 Å². The van der Waals surface area contributed by atoms with Crippen molar-refractivity contribution < 1.29 is 5.11 Å². The molecule has 1 aromatic heterocycles. The van der Waals surface area contributed by atoms with Crippen molar-refractivity contribution in [2.75, 3.05) is 18.5 Å². The first-order chi connectivity index (χ1) is 8.25. The number of hydrogen-bond donors (Lipinski definition) is 1. The molecule has 0 aliphatic rings. The van der Waals surface area contributed by atoms with Crippen molar-refractivity contribution in [3.63, 3.8) is 0 Å². The smallest absolute Gasteiger partial charge is 0.185 e. The molecule has 1 N–H and O–H groups in total. The van der Waals surface area contributed by atoms with Crippen LogP contribution in [0, 0.1) is 5.92 Å². The lowest BCUT2D eigenvalue weighted by atomic mass is 9.91. The van der Waals surface area contributed by atoms with Crippen molar-refractivity contribution in [1.82, 2.24) is 4.98 Å². The number of anilines is 1. The second-order valence-corrected chi connectivity index (χ2v) is 7.34. The van der Waals surface area contributed by atoms with Gasteiger partial charge in [0.05, 0.1) is 17.2 Å². The molecule has 0 atom stereocenters. The first-order valence-corrected chi connectivity index (χ1v) is 7.39. The highest BCUT2D eigenvalue weighted by Crippen LogP contribution is 2.33. The Kier molecular flexibility index (Phi) is 5.17. The fourth-order valence-electron chi connectivity index (χ4n) is 1.74. The van der Waals surface area contributed by atoms with Crippen molar-refractivity contribution in [3.05, 3.63) is 10.6 Å². The van der Waals surface area contributed by atoms with E-state index in [2.05, 4.69) is 46.6 Å². The molecule has 0 radical (unpaired) electrons. The highest BCUT2D eigenvalue weighted by atomic mass is 32.1. The molecule has 0 aliphatic carbocycles. The Balaban J connectivity index is 2.88. The predicted octanol–water partition coefficient (Wildman–Crippen LogP) is 3.42. The fourth-order valence-corrected chi connectivity index (χ4v) is 2.86. The standard InChI is InChI=1S/C14H26N2OS/c1-10(2)7-8-16(6)13-15-12(14(3,4)5)11(9-17)18-13/h10,17H,7-9H2,1-6H3. The van der Waals surface area contributed by atoms with Crippen molar-refractivity contribution in [1.29, 1.82) is 0 Å². The molecule has 3 nitrogen and oxygen atoms in total. The second kappa shape index (κ2) is 6.02. The van der Waals surface area contributed by atoms with Gasteiger partial charge in [-0.3, -0.25) is 0 Å². The van der Waals surface area contributed by atoms with Gasteiger partial charge < -0.3 is 10.0 Å². The minimum absolute atomic E-state index is 0.00823. The number of aromatic nitrogens is 1. The van der Waals surface area contributed by atoms with Crippen LogP contribution in [0.5, 0.6) is 0 Å². The first-order valence-electron chi connectivity index (χ1n) is 6.58. The third-order valence-corrected chi connectivity index (χ3v) is 4.06. The van der Waals surface area contributed by atoms with Gasteiger partial charge in [0.2, 0.25) is 0 Å². The Labute approximate surface area is 115 Å². The van der Waals surface area contributed by atoms with Crippen LogP contribution in [0.2, 0.25) is 0 Å². The highest BCUT2D eigenvalue weighted by molar-refractivity contribution is 7.15. The second-order valence-electron chi connectivity index (χ2n) is 6.28. The zero-order valence-electron chi connectivity index (χ0n) is 12.4. The van der Waals surface area contributed by atoms with Crippen LogP contribution in [0.1, 0.15) is 51.6 Å². The van der Waals surface area contributed by atoms with Gasteiger partial charge in [-0.05, 0) is 12.3 Å². The molecule has 4 heteroatoms. The quantitative estimate of drug-likeness (QED) is 0.890. The average molecular weight is 270 g/mol. The van der Waals surface area contributed by atoms with Crippen LogP contribution >= 0.6 is 11.3 Å². The summed E-state index contributed by atoms with van der Waals surface area (Å²) in [5, 5.41) is 10.5. The molecule has 104 valence electrons. The van der Waals surface area contributed by atoms with E-state index in [1.807, 2.05) is 0 Å². The molecule has 1 heterocycles. The van der Waals surface area contributed by atoms with Crippen LogP contribution < -0.4 is 4.90 Å². The molecule has 0 saturated heterocycles. The molecule has 1 rings (SSSR count). The van der Waals surface area contributed by atoms with Crippen LogP contribution in [0.25, 0.3) is 0 Å². The topological polar surface area (TPSA) is 36.4 Å². The summed E-state index contributed by atoms with van der Waals surface area (Å²) in [7, 11) is 2.08. The van der Waals surface area contributed by atoms with Gasteiger partial charge in [0.25, 0.3) is 0 Å². The summed E-state index contributed by atoms with van der Waals surface area (Å²) >= 11 is 1.61. The van der Waals surface area contributed by atoms with E-state index in [9.17, 15) is 5.11 Å². The van der Waals surface area contributed by atoms with E-state index in [0.29, 0.717) is 5.92 Å². The summed E-state index contributed by atoms with van der Waals surface area (Å²) in [6, 6.07) is 0. The molecule has 0 bridgehead atoms. The molecule has 18 heavy (non-hydrogen) atoms. The van der Waals surface area contributed by atoms with E-state index in [0.717, 1.165) is 28.7 Å². The zero-order valence-corrected chi connectivity index (χ0v) is 13.3. The van der Waals surface area contributed by atoms with E-state index in [4.69, 9.17) is 4.98 Å². The lowest BCUT2D eigenvalue weighted by Crippen LogP contribution is -2.20. The summed E-state index contributed by atoms with van der Waals surface area (Å²) in [5.74, 6) is 0.701. The Morgan fingerprint density at radius 1 is 1.33 bits per heavy atom. The largest absolute Gasteiger partial charge is 0.391 e. The third-order valence-electron chi connectivity index (χ3n) is 2.91. The van der Waals surface area contributed by atoms with Gasteiger partial charge in [0.1, 0.15) is 0 Å². The van der Waals surface area contributed by atoms with Crippen LogP contribution in [-0.4, -0.2) is 23.7 Å². The maximum Gasteiger partial charge on any atom is 0.185 e. The molecule has 0 fully saturated rings. The van der Waals surface area contributed by atoms with Crippen LogP contribution in [0.4, 0.5) is 5.13 Å². The minimum Gasteiger partial charge on any atom is -0.391 e. The number of rotatable bonds is 5. The minimum atomic E-state index is -0.00823. The number of aliphatic hydroxyl groups excluding tert-OH is 1. The van der Waals surface area contributed by atoms with E-state index in [1.165, 1.54) is 0 Å². The normalized spacial score (nSPS) is 12.2. The van der Waals surface area contributed by atoms with Crippen LogP contribution in [0.3, 0.4) is 0 Å². The summed E-state index contributed by atoms with van der Waals surface area (Å²) in [5.41, 5.74) is 1.02. The molecule has 0 aromatic carbocycles. The molecular weight excluding hydrogens is 244 g/mol. The molecule has 0 unspecified atom stereocenters. The number of aliphatic hydroxyl groups is 1. The van der Waals surface area contributed by atoms with Crippen molar-refractivity contribution >= 4 is 16.5 Å². The van der Waals surface area contributed by atoms with Gasteiger partial charge in [-0.15, -0.1) is 0 Å². The molecule has 0 spiro atoms. The van der Waals surface area contributed by atoms with Crippen LogP contribution in [-0.2, 0) is 12.0 Å². The Bertz CT molecular complexity index is 380. The molecule has 0 amide bonds. The number of nitrogens with zero attached hydrogens (tertiary/aromatic N) is 2. The molecule has 0 aliphatic heterocycles. The highest BCUT2D eigenvalue weighted by Gasteiger charge is 2.23. The Hall–Kier alpha value is -0.610. The number of hydrogen-bond acceptors (Lipinski definition) is 4. The van der Waals surface area contributed by atoms with E-state index >= 15 is 0 Å². The molecule has 0 saturated carbocycles. The van der Waals surface area contributed by atoms with Gasteiger partial charge in [0.15, 0.2) is 5.13 Å².